The molecule has 4 aromatic rings. The summed E-state index contributed by atoms with van der Waals surface area (Å²) < 4.78 is 0. The molecule has 0 aliphatic rings. The molecule has 0 radical (unpaired) electrons. The van der Waals surface area contributed by atoms with Crippen LogP contribution in [0.4, 0.5) is 11.4 Å². The van der Waals surface area contributed by atoms with Crippen molar-refractivity contribution in [2.45, 2.75) is 6.54 Å². The number of hydrogen-bond donors (Lipinski definition) is 1. The van der Waals surface area contributed by atoms with Gasteiger partial charge in [0.1, 0.15) is 0 Å². The van der Waals surface area contributed by atoms with Crippen molar-refractivity contribution in [3.63, 3.8) is 0 Å². The highest BCUT2D eigenvalue weighted by atomic mass is 16.2. The Morgan fingerprint density at radius 3 is 2.32 bits per heavy atom. The van der Waals surface area contributed by atoms with Gasteiger partial charge in [0, 0.05) is 17.3 Å². The van der Waals surface area contributed by atoms with Gasteiger partial charge in [-0.25, -0.2) is 0 Å². The van der Waals surface area contributed by atoms with Gasteiger partial charge in [0.15, 0.2) is 0 Å². The largest absolute Gasteiger partial charge is 0.374 e. The summed E-state index contributed by atoms with van der Waals surface area (Å²) in [6, 6.07) is 29.6. The Balaban J connectivity index is 1.55. The van der Waals surface area contributed by atoms with Gasteiger partial charge in [-0.3, -0.25) is 9.78 Å². The smallest absolute Gasteiger partial charge is 0.246 e. The normalized spacial score (nSPS) is 10.6. The summed E-state index contributed by atoms with van der Waals surface area (Å²) in [5.41, 5.74) is 3.70. The fourth-order valence-corrected chi connectivity index (χ4v) is 3.21. The average Bonchev–Trinajstić information content (AvgIpc) is 2.77. The number of carbonyl (C=O) groups excluding carboxylic acids is 1. The van der Waals surface area contributed by atoms with E-state index in [1.165, 1.54) is 0 Å². The SMILES string of the molecule is O=C(CNc1cccc2cccnc12)N(Cc1ccccc1)c1ccccc1. The molecule has 28 heavy (non-hydrogen) atoms. The molecular formula is C24H21N3O. The fraction of sp³-hybridized carbons (Fsp3) is 0.0833. The van der Waals surface area contributed by atoms with Gasteiger partial charge in [-0.1, -0.05) is 66.7 Å². The zero-order valence-corrected chi connectivity index (χ0v) is 15.5. The monoisotopic (exact) mass is 367 g/mol. The summed E-state index contributed by atoms with van der Waals surface area (Å²) in [4.78, 5) is 19.3. The van der Waals surface area contributed by atoms with Crippen molar-refractivity contribution in [3.8, 4) is 0 Å². The molecule has 0 unspecified atom stereocenters. The molecule has 0 saturated heterocycles. The van der Waals surface area contributed by atoms with Crippen LogP contribution < -0.4 is 10.2 Å². The first-order chi connectivity index (χ1) is 13.8. The lowest BCUT2D eigenvalue weighted by atomic mass is 10.2. The Hall–Kier alpha value is -3.66. The molecule has 0 aliphatic carbocycles. The van der Waals surface area contributed by atoms with Crippen molar-refractivity contribution in [1.29, 1.82) is 0 Å². The number of fused-ring (bicyclic) bond motifs is 1. The van der Waals surface area contributed by atoms with E-state index in [1.807, 2.05) is 91.0 Å². The number of carbonyl (C=O) groups is 1. The lowest BCUT2D eigenvalue weighted by Gasteiger charge is -2.23. The van der Waals surface area contributed by atoms with Crippen LogP contribution in [0.1, 0.15) is 5.56 Å². The molecule has 1 aromatic heterocycles. The third kappa shape index (κ3) is 4.01. The molecule has 0 fully saturated rings. The molecule has 3 aromatic carbocycles. The van der Waals surface area contributed by atoms with Gasteiger partial charge in [0.05, 0.1) is 24.3 Å². The number of rotatable bonds is 6. The van der Waals surface area contributed by atoms with E-state index in [2.05, 4.69) is 10.3 Å². The number of benzene rings is 3. The molecule has 0 saturated carbocycles. The van der Waals surface area contributed by atoms with Crippen LogP contribution >= 0.6 is 0 Å². The number of nitrogens with one attached hydrogen (secondary N) is 1. The molecule has 4 rings (SSSR count). The summed E-state index contributed by atoms with van der Waals surface area (Å²) in [5, 5.41) is 4.32. The summed E-state index contributed by atoms with van der Waals surface area (Å²) in [6.45, 7) is 0.719. The standard InChI is InChI=1S/C24H21N3O/c28-23(17-26-22-15-7-11-20-12-8-16-25-24(20)22)27(21-13-5-2-6-14-21)18-19-9-3-1-4-10-19/h1-16,26H,17-18H2. The number of aromatic nitrogens is 1. The van der Waals surface area contributed by atoms with E-state index in [1.54, 1.807) is 11.1 Å². The number of nitrogens with zero attached hydrogens (tertiary/aromatic N) is 2. The number of hydrogen-bond acceptors (Lipinski definition) is 3. The summed E-state index contributed by atoms with van der Waals surface area (Å²) in [7, 11) is 0. The summed E-state index contributed by atoms with van der Waals surface area (Å²) >= 11 is 0. The number of amides is 1. The highest BCUT2D eigenvalue weighted by Crippen LogP contribution is 2.21. The van der Waals surface area contributed by atoms with Gasteiger partial charge >= 0.3 is 0 Å². The van der Waals surface area contributed by atoms with Crippen LogP contribution in [0.15, 0.2) is 97.2 Å². The van der Waals surface area contributed by atoms with E-state index in [-0.39, 0.29) is 12.5 Å². The second-order valence-corrected chi connectivity index (χ2v) is 6.54. The van der Waals surface area contributed by atoms with E-state index in [0.717, 1.165) is 27.8 Å². The second-order valence-electron chi connectivity index (χ2n) is 6.54. The molecule has 0 bridgehead atoms. The van der Waals surface area contributed by atoms with Crippen molar-refractivity contribution in [3.05, 3.63) is 103 Å². The van der Waals surface area contributed by atoms with Gasteiger partial charge in [-0.2, -0.15) is 0 Å². The quantitative estimate of drug-likeness (QED) is 0.528. The van der Waals surface area contributed by atoms with Gasteiger partial charge in [-0.15, -0.1) is 0 Å². The van der Waals surface area contributed by atoms with Crippen molar-refractivity contribution in [2.24, 2.45) is 0 Å². The van der Waals surface area contributed by atoms with Crippen LogP contribution in [0.2, 0.25) is 0 Å². The summed E-state index contributed by atoms with van der Waals surface area (Å²) in [5.74, 6) is 0.00277. The number of anilines is 2. The highest BCUT2D eigenvalue weighted by molar-refractivity contribution is 5.98. The lowest BCUT2D eigenvalue weighted by Crippen LogP contribution is -2.35. The third-order valence-corrected chi connectivity index (χ3v) is 4.62. The van der Waals surface area contributed by atoms with E-state index in [4.69, 9.17) is 0 Å². The van der Waals surface area contributed by atoms with E-state index in [0.29, 0.717) is 6.54 Å². The maximum atomic E-state index is 13.1. The molecule has 0 atom stereocenters. The first-order valence-electron chi connectivity index (χ1n) is 9.28. The summed E-state index contributed by atoms with van der Waals surface area (Å²) in [6.07, 6.45) is 1.76. The van der Waals surface area contributed by atoms with Crippen LogP contribution in [0.3, 0.4) is 0 Å². The molecule has 1 N–H and O–H groups in total. The molecule has 138 valence electrons. The van der Waals surface area contributed by atoms with E-state index >= 15 is 0 Å². The van der Waals surface area contributed by atoms with Gasteiger partial charge in [0.2, 0.25) is 5.91 Å². The topological polar surface area (TPSA) is 45.2 Å². The predicted molar refractivity (Wildman–Crippen MR) is 114 cm³/mol. The average molecular weight is 367 g/mol. The first-order valence-corrected chi connectivity index (χ1v) is 9.28. The molecule has 4 heteroatoms. The van der Waals surface area contributed by atoms with Crippen LogP contribution in [0, 0.1) is 0 Å². The molecule has 0 spiro atoms. The van der Waals surface area contributed by atoms with Crippen molar-refractivity contribution >= 4 is 28.2 Å². The van der Waals surface area contributed by atoms with E-state index < -0.39 is 0 Å². The minimum Gasteiger partial charge on any atom is -0.374 e. The van der Waals surface area contributed by atoms with Gasteiger partial charge in [-0.05, 0) is 29.8 Å². The first kappa shape index (κ1) is 17.7. The third-order valence-electron chi connectivity index (χ3n) is 4.62. The van der Waals surface area contributed by atoms with Crippen LogP contribution in [-0.4, -0.2) is 17.4 Å². The number of para-hydroxylation sites is 2. The maximum absolute atomic E-state index is 13.1. The molecular weight excluding hydrogens is 346 g/mol. The molecule has 0 aliphatic heterocycles. The Kier molecular flexibility index (Phi) is 5.29. The Labute approximate surface area is 164 Å². The molecule has 4 nitrogen and oxygen atoms in total. The number of pyridine rings is 1. The zero-order chi connectivity index (χ0) is 19.2. The van der Waals surface area contributed by atoms with Crippen LogP contribution in [0.5, 0.6) is 0 Å². The van der Waals surface area contributed by atoms with Crippen LogP contribution in [-0.2, 0) is 11.3 Å². The predicted octanol–water partition coefficient (Wildman–Crippen LogP) is 4.88. The lowest BCUT2D eigenvalue weighted by molar-refractivity contribution is -0.117. The molecule has 1 heterocycles. The van der Waals surface area contributed by atoms with Crippen molar-refractivity contribution in [2.75, 3.05) is 16.8 Å². The van der Waals surface area contributed by atoms with Crippen molar-refractivity contribution in [1.82, 2.24) is 4.98 Å². The van der Waals surface area contributed by atoms with Gasteiger partial charge < -0.3 is 10.2 Å². The minimum absolute atomic E-state index is 0.00277. The van der Waals surface area contributed by atoms with Gasteiger partial charge in [0.25, 0.3) is 0 Å². The molecule has 1 amide bonds. The fourth-order valence-electron chi connectivity index (χ4n) is 3.21. The Bertz CT molecular complexity index is 1060. The Morgan fingerprint density at radius 2 is 1.54 bits per heavy atom. The minimum atomic E-state index is 0.00277. The second kappa shape index (κ2) is 8.35. The maximum Gasteiger partial charge on any atom is 0.246 e. The Morgan fingerprint density at radius 1 is 0.821 bits per heavy atom. The van der Waals surface area contributed by atoms with Crippen LogP contribution in [0.25, 0.3) is 10.9 Å². The zero-order valence-electron chi connectivity index (χ0n) is 15.5. The van der Waals surface area contributed by atoms with E-state index in [9.17, 15) is 4.79 Å². The van der Waals surface area contributed by atoms with Crippen molar-refractivity contribution < 1.29 is 4.79 Å². The highest BCUT2D eigenvalue weighted by Gasteiger charge is 2.16.